The Morgan fingerprint density at radius 1 is 1.33 bits per heavy atom. The van der Waals surface area contributed by atoms with Crippen molar-refractivity contribution < 1.29 is 9.66 Å². The van der Waals surface area contributed by atoms with E-state index in [2.05, 4.69) is 6.58 Å². The van der Waals surface area contributed by atoms with Crippen LogP contribution in [0.2, 0.25) is 0 Å². The van der Waals surface area contributed by atoms with Crippen molar-refractivity contribution in [2.24, 2.45) is 0 Å². The monoisotopic (exact) mass is 247 g/mol. The van der Waals surface area contributed by atoms with Crippen LogP contribution in [0.25, 0.3) is 6.08 Å². The van der Waals surface area contributed by atoms with E-state index in [-0.39, 0.29) is 11.8 Å². The minimum absolute atomic E-state index is 0.0540. The van der Waals surface area contributed by atoms with Crippen molar-refractivity contribution in [3.63, 3.8) is 0 Å². The van der Waals surface area contributed by atoms with Gasteiger partial charge in [0, 0.05) is 0 Å². The highest BCUT2D eigenvalue weighted by molar-refractivity contribution is 5.61. The van der Waals surface area contributed by atoms with Gasteiger partial charge in [-0.3, -0.25) is 10.1 Å². The quantitative estimate of drug-likeness (QED) is 0.598. The van der Waals surface area contributed by atoms with Crippen LogP contribution >= 0.6 is 0 Å². The Labute approximate surface area is 106 Å². The van der Waals surface area contributed by atoms with Crippen molar-refractivity contribution in [3.8, 4) is 5.75 Å². The summed E-state index contributed by atoms with van der Waals surface area (Å²) >= 11 is 0. The molecule has 2 rings (SSSR count). The molecule has 0 heterocycles. The topological polar surface area (TPSA) is 52.4 Å². The molecule has 1 aliphatic rings. The standard InChI is InChI=1S/C14H17NO3/c1-2-11-8-9-13(10-14(11)15(16)17)18-12-6-4-3-5-7-12/h2,8-10,12H,1,3-7H2. The normalized spacial score (nSPS) is 16.2. The van der Waals surface area contributed by atoms with Gasteiger partial charge in [-0.2, -0.15) is 0 Å². The van der Waals surface area contributed by atoms with E-state index in [1.807, 2.05) is 0 Å². The van der Waals surface area contributed by atoms with E-state index in [0.717, 1.165) is 12.8 Å². The van der Waals surface area contributed by atoms with Gasteiger partial charge < -0.3 is 4.74 Å². The molecule has 1 aromatic carbocycles. The fraction of sp³-hybridized carbons (Fsp3) is 0.429. The van der Waals surface area contributed by atoms with Gasteiger partial charge in [0.25, 0.3) is 5.69 Å². The molecular formula is C14H17NO3. The molecule has 1 fully saturated rings. The minimum atomic E-state index is -0.398. The van der Waals surface area contributed by atoms with Crippen molar-refractivity contribution in [1.82, 2.24) is 0 Å². The summed E-state index contributed by atoms with van der Waals surface area (Å²) in [7, 11) is 0. The summed E-state index contributed by atoms with van der Waals surface area (Å²) in [5, 5.41) is 10.9. The van der Waals surface area contributed by atoms with E-state index in [4.69, 9.17) is 4.74 Å². The van der Waals surface area contributed by atoms with Gasteiger partial charge in [-0.25, -0.2) is 0 Å². The van der Waals surface area contributed by atoms with Crippen LogP contribution in [-0.4, -0.2) is 11.0 Å². The Hall–Kier alpha value is -1.84. The lowest BCUT2D eigenvalue weighted by molar-refractivity contribution is -0.385. The molecular weight excluding hydrogens is 230 g/mol. The molecule has 96 valence electrons. The van der Waals surface area contributed by atoms with Gasteiger partial charge in [-0.15, -0.1) is 0 Å². The molecule has 0 radical (unpaired) electrons. The van der Waals surface area contributed by atoms with E-state index in [1.165, 1.54) is 31.4 Å². The highest BCUT2D eigenvalue weighted by Gasteiger charge is 2.17. The number of hydrogen-bond donors (Lipinski definition) is 0. The van der Waals surface area contributed by atoms with Crippen LogP contribution in [0.5, 0.6) is 5.75 Å². The lowest BCUT2D eigenvalue weighted by Crippen LogP contribution is -2.19. The molecule has 0 N–H and O–H groups in total. The van der Waals surface area contributed by atoms with E-state index in [9.17, 15) is 10.1 Å². The molecule has 4 heteroatoms. The third-order valence-corrected chi connectivity index (χ3v) is 3.27. The average molecular weight is 247 g/mol. The highest BCUT2D eigenvalue weighted by Crippen LogP contribution is 2.28. The van der Waals surface area contributed by atoms with Crippen LogP contribution in [0.1, 0.15) is 37.7 Å². The van der Waals surface area contributed by atoms with E-state index in [0.29, 0.717) is 11.3 Å². The largest absolute Gasteiger partial charge is 0.490 e. The first kappa shape index (κ1) is 12.6. The number of nitro benzene ring substituents is 1. The average Bonchev–Trinajstić information content (AvgIpc) is 2.40. The smallest absolute Gasteiger partial charge is 0.280 e. The molecule has 0 aromatic heterocycles. The van der Waals surface area contributed by atoms with Crippen LogP contribution in [0.3, 0.4) is 0 Å². The molecule has 1 aliphatic carbocycles. The lowest BCUT2D eigenvalue weighted by atomic mass is 9.98. The van der Waals surface area contributed by atoms with Crippen molar-refractivity contribution in [1.29, 1.82) is 0 Å². The third kappa shape index (κ3) is 2.88. The van der Waals surface area contributed by atoms with Gasteiger partial charge >= 0.3 is 0 Å². The van der Waals surface area contributed by atoms with Crippen LogP contribution in [0.15, 0.2) is 24.8 Å². The summed E-state index contributed by atoms with van der Waals surface area (Å²) < 4.78 is 5.81. The van der Waals surface area contributed by atoms with Crippen LogP contribution in [0.4, 0.5) is 5.69 Å². The Morgan fingerprint density at radius 2 is 2.06 bits per heavy atom. The van der Waals surface area contributed by atoms with Crippen molar-refractivity contribution in [3.05, 3.63) is 40.5 Å². The first-order chi connectivity index (χ1) is 8.70. The molecule has 0 unspecified atom stereocenters. The highest BCUT2D eigenvalue weighted by atomic mass is 16.6. The molecule has 0 bridgehead atoms. The maximum Gasteiger partial charge on any atom is 0.280 e. The minimum Gasteiger partial charge on any atom is -0.490 e. The second kappa shape index (κ2) is 5.67. The van der Waals surface area contributed by atoms with E-state index < -0.39 is 4.92 Å². The fourth-order valence-corrected chi connectivity index (χ4v) is 2.30. The van der Waals surface area contributed by atoms with Crippen molar-refractivity contribution >= 4 is 11.8 Å². The molecule has 4 nitrogen and oxygen atoms in total. The molecule has 18 heavy (non-hydrogen) atoms. The Kier molecular flexibility index (Phi) is 3.97. The summed E-state index contributed by atoms with van der Waals surface area (Å²) in [6.07, 6.45) is 7.38. The summed E-state index contributed by atoms with van der Waals surface area (Å²) in [5.41, 5.74) is 0.578. The Balaban J connectivity index is 2.15. The molecule has 0 aliphatic heterocycles. The van der Waals surface area contributed by atoms with Crippen LogP contribution in [-0.2, 0) is 0 Å². The first-order valence-electron chi connectivity index (χ1n) is 6.28. The molecule has 0 spiro atoms. The second-order valence-corrected chi connectivity index (χ2v) is 4.56. The second-order valence-electron chi connectivity index (χ2n) is 4.56. The van der Waals surface area contributed by atoms with E-state index in [1.54, 1.807) is 12.1 Å². The predicted molar refractivity (Wildman–Crippen MR) is 70.7 cm³/mol. The zero-order valence-corrected chi connectivity index (χ0v) is 10.3. The van der Waals surface area contributed by atoms with E-state index >= 15 is 0 Å². The lowest BCUT2D eigenvalue weighted by Gasteiger charge is -2.22. The number of benzene rings is 1. The summed E-state index contributed by atoms with van der Waals surface area (Å²) in [6, 6.07) is 4.95. The molecule has 1 aromatic rings. The zero-order valence-electron chi connectivity index (χ0n) is 10.3. The number of ether oxygens (including phenoxy) is 1. The Morgan fingerprint density at radius 3 is 2.67 bits per heavy atom. The summed E-state index contributed by atoms with van der Waals surface area (Å²) in [6.45, 7) is 3.57. The fourth-order valence-electron chi connectivity index (χ4n) is 2.30. The third-order valence-electron chi connectivity index (χ3n) is 3.27. The SMILES string of the molecule is C=Cc1ccc(OC2CCCCC2)cc1[N+](=O)[O-]. The van der Waals surface area contributed by atoms with Crippen molar-refractivity contribution in [2.75, 3.05) is 0 Å². The van der Waals surface area contributed by atoms with Gasteiger partial charge in [-0.05, 0) is 37.8 Å². The maximum absolute atomic E-state index is 10.9. The number of nitro groups is 1. The molecule has 1 saturated carbocycles. The predicted octanol–water partition coefficient (Wildman–Crippen LogP) is 3.95. The molecule has 0 atom stereocenters. The van der Waals surface area contributed by atoms with Crippen LogP contribution in [0, 0.1) is 10.1 Å². The van der Waals surface area contributed by atoms with Gasteiger partial charge in [0.2, 0.25) is 0 Å². The van der Waals surface area contributed by atoms with Gasteiger partial charge in [0.15, 0.2) is 0 Å². The number of nitrogens with zero attached hydrogens (tertiary/aromatic N) is 1. The zero-order chi connectivity index (χ0) is 13.0. The van der Waals surface area contributed by atoms with Gasteiger partial charge in [0.05, 0.1) is 22.7 Å². The molecule has 0 saturated heterocycles. The summed E-state index contributed by atoms with van der Waals surface area (Å²) in [4.78, 5) is 10.5. The van der Waals surface area contributed by atoms with Crippen LogP contribution < -0.4 is 4.74 Å². The summed E-state index contributed by atoms with van der Waals surface area (Å²) in [5.74, 6) is 0.583. The molecule has 0 amide bonds. The van der Waals surface area contributed by atoms with Crippen molar-refractivity contribution in [2.45, 2.75) is 38.2 Å². The Bertz CT molecular complexity index is 450. The maximum atomic E-state index is 10.9. The number of hydrogen-bond acceptors (Lipinski definition) is 3. The van der Waals surface area contributed by atoms with Gasteiger partial charge in [-0.1, -0.05) is 19.1 Å². The van der Waals surface area contributed by atoms with Gasteiger partial charge in [0.1, 0.15) is 5.75 Å². The number of rotatable bonds is 4. The first-order valence-corrected chi connectivity index (χ1v) is 6.28.